The van der Waals surface area contributed by atoms with Crippen LogP contribution in [-0.4, -0.2) is 38.4 Å². The van der Waals surface area contributed by atoms with Gasteiger partial charge in [-0.15, -0.1) is 0 Å². The van der Waals surface area contributed by atoms with E-state index in [1.54, 1.807) is 0 Å². The van der Waals surface area contributed by atoms with Crippen LogP contribution in [0.15, 0.2) is 0 Å². The summed E-state index contributed by atoms with van der Waals surface area (Å²) in [5.74, 6) is 0.879. The van der Waals surface area contributed by atoms with Gasteiger partial charge in [0.25, 0.3) is 0 Å². The molecule has 1 aliphatic carbocycles. The van der Waals surface area contributed by atoms with E-state index in [1.807, 2.05) is 0 Å². The predicted octanol–water partition coefficient (Wildman–Crippen LogP) is 1.92. The van der Waals surface area contributed by atoms with E-state index in [4.69, 9.17) is 4.74 Å². The SMILES string of the molecule is CCOCCCNC1CCCC1C1CCCN1. The van der Waals surface area contributed by atoms with Crippen molar-refractivity contribution in [3.8, 4) is 0 Å². The molecule has 0 bridgehead atoms. The molecule has 1 heterocycles. The van der Waals surface area contributed by atoms with Crippen molar-refractivity contribution in [3.05, 3.63) is 0 Å². The van der Waals surface area contributed by atoms with E-state index in [0.29, 0.717) is 0 Å². The third-order valence-electron chi connectivity index (χ3n) is 4.26. The van der Waals surface area contributed by atoms with Crippen LogP contribution in [0.2, 0.25) is 0 Å². The molecule has 0 spiro atoms. The first kappa shape index (κ1) is 13.3. The summed E-state index contributed by atoms with van der Waals surface area (Å²) < 4.78 is 5.37. The van der Waals surface area contributed by atoms with Gasteiger partial charge in [-0.25, -0.2) is 0 Å². The average molecular weight is 240 g/mol. The van der Waals surface area contributed by atoms with Crippen LogP contribution in [0.4, 0.5) is 0 Å². The van der Waals surface area contributed by atoms with Gasteiger partial charge in [-0.05, 0) is 58.0 Å². The molecular weight excluding hydrogens is 212 g/mol. The third kappa shape index (κ3) is 3.94. The molecule has 100 valence electrons. The lowest BCUT2D eigenvalue weighted by Crippen LogP contribution is -2.42. The quantitative estimate of drug-likeness (QED) is 0.667. The van der Waals surface area contributed by atoms with Crippen molar-refractivity contribution >= 4 is 0 Å². The number of rotatable bonds is 7. The van der Waals surface area contributed by atoms with Gasteiger partial charge in [-0.3, -0.25) is 0 Å². The van der Waals surface area contributed by atoms with Crippen molar-refractivity contribution in [2.75, 3.05) is 26.3 Å². The second kappa shape index (κ2) is 7.34. The summed E-state index contributed by atoms with van der Waals surface area (Å²) in [4.78, 5) is 0. The summed E-state index contributed by atoms with van der Waals surface area (Å²) in [6.45, 7) is 6.17. The molecule has 1 saturated carbocycles. The molecule has 0 radical (unpaired) electrons. The standard InChI is InChI=1S/C14H28N2O/c1-2-17-11-5-10-16-13-7-3-6-12(13)14-8-4-9-15-14/h12-16H,2-11H2,1H3. The molecule has 2 N–H and O–H groups in total. The van der Waals surface area contributed by atoms with E-state index in [2.05, 4.69) is 17.6 Å². The monoisotopic (exact) mass is 240 g/mol. The Hall–Kier alpha value is -0.120. The molecule has 3 heteroatoms. The lowest BCUT2D eigenvalue weighted by atomic mass is 9.93. The second-order valence-electron chi connectivity index (χ2n) is 5.41. The zero-order valence-corrected chi connectivity index (χ0v) is 11.2. The van der Waals surface area contributed by atoms with Crippen LogP contribution >= 0.6 is 0 Å². The molecule has 1 saturated heterocycles. The smallest absolute Gasteiger partial charge is 0.0477 e. The van der Waals surface area contributed by atoms with Gasteiger partial charge in [0.2, 0.25) is 0 Å². The van der Waals surface area contributed by atoms with Gasteiger partial charge in [0.15, 0.2) is 0 Å². The highest BCUT2D eigenvalue weighted by atomic mass is 16.5. The van der Waals surface area contributed by atoms with Crippen molar-refractivity contribution in [1.29, 1.82) is 0 Å². The molecule has 1 aliphatic heterocycles. The van der Waals surface area contributed by atoms with E-state index in [-0.39, 0.29) is 0 Å². The zero-order valence-electron chi connectivity index (χ0n) is 11.2. The van der Waals surface area contributed by atoms with Gasteiger partial charge < -0.3 is 15.4 Å². The summed E-state index contributed by atoms with van der Waals surface area (Å²) in [6.07, 6.45) is 8.11. The van der Waals surface area contributed by atoms with Gasteiger partial charge in [-0.2, -0.15) is 0 Å². The molecule has 0 aromatic carbocycles. The van der Waals surface area contributed by atoms with Crippen LogP contribution in [0.3, 0.4) is 0 Å². The van der Waals surface area contributed by atoms with Crippen LogP contribution in [0.1, 0.15) is 45.4 Å². The van der Waals surface area contributed by atoms with Gasteiger partial charge in [0, 0.05) is 25.3 Å². The van der Waals surface area contributed by atoms with Gasteiger partial charge >= 0.3 is 0 Å². The first-order valence-electron chi connectivity index (χ1n) is 7.46. The highest BCUT2D eigenvalue weighted by molar-refractivity contribution is 4.93. The minimum Gasteiger partial charge on any atom is -0.382 e. The molecule has 0 amide bonds. The average Bonchev–Trinajstić information content (AvgIpc) is 2.98. The Balaban J connectivity index is 1.64. The summed E-state index contributed by atoms with van der Waals surface area (Å²) >= 11 is 0. The fraction of sp³-hybridized carbons (Fsp3) is 1.00. The Morgan fingerprint density at radius 1 is 1.24 bits per heavy atom. The van der Waals surface area contributed by atoms with E-state index < -0.39 is 0 Å². The minimum atomic E-state index is 0.757. The van der Waals surface area contributed by atoms with E-state index in [1.165, 1.54) is 38.6 Å². The fourth-order valence-corrected chi connectivity index (χ4v) is 3.41. The molecule has 0 aromatic heterocycles. The van der Waals surface area contributed by atoms with Crippen molar-refractivity contribution in [2.45, 2.75) is 57.5 Å². The summed E-state index contributed by atoms with van der Waals surface area (Å²) in [5.41, 5.74) is 0. The summed E-state index contributed by atoms with van der Waals surface area (Å²) in [7, 11) is 0. The van der Waals surface area contributed by atoms with Crippen LogP contribution in [0, 0.1) is 5.92 Å². The molecule has 2 rings (SSSR count). The molecular formula is C14H28N2O. The van der Waals surface area contributed by atoms with Gasteiger partial charge in [0.05, 0.1) is 0 Å². The topological polar surface area (TPSA) is 33.3 Å². The van der Waals surface area contributed by atoms with Crippen molar-refractivity contribution in [1.82, 2.24) is 10.6 Å². The minimum absolute atomic E-state index is 0.757. The Labute approximate surface area is 106 Å². The number of ether oxygens (including phenoxy) is 1. The maximum absolute atomic E-state index is 5.37. The molecule has 3 unspecified atom stereocenters. The van der Waals surface area contributed by atoms with Crippen molar-refractivity contribution in [2.24, 2.45) is 5.92 Å². The maximum atomic E-state index is 5.37. The van der Waals surface area contributed by atoms with Gasteiger partial charge in [0.1, 0.15) is 0 Å². The Kier molecular flexibility index (Phi) is 5.75. The molecule has 0 aromatic rings. The highest BCUT2D eigenvalue weighted by Gasteiger charge is 2.34. The Morgan fingerprint density at radius 2 is 2.18 bits per heavy atom. The molecule has 3 atom stereocenters. The lowest BCUT2D eigenvalue weighted by Gasteiger charge is -2.26. The van der Waals surface area contributed by atoms with Gasteiger partial charge in [-0.1, -0.05) is 6.42 Å². The highest BCUT2D eigenvalue weighted by Crippen LogP contribution is 2.31. The predicted molar refractivity (Wildman–Crippen MR) is 71.3 cm³/mol. The molecule has 2 aliphatic rings. The Bertz CT molecular complexity index is 204. The second-order valence-corrected chi connectivity index (χ2v) is 5.41. The molecule has 2 fully saturated rings. The van der Waals surface area contributed by atoms with Crippen LogP contribution in [0.25, 0.3) is 0 Å². The van der Waals surface area contributed by atoms with E-state index in [0.717, 1.165) is 44.2 Å². The number of hydrogen-bond acceptors (Lipinski definition) is 3. The Morgan fingerprint density at radius 3 is 2.94 bits per heavy atom. The normalized spacial score (nSPS) is 33.4. The zero-order chi connectivity index (χ0) is 11.9. The fourth-order valence-electron chi connectivity index (χ4n) is 3.41. The largest absolute Gasteiger partial charge is 0.382 e. The van der Waals surface area contributed by atoms with E-state index in [9.17, 15) is 0 Å². The third-order valence-corrected chi connectivity index (χ3v) is 4.26. The summed E-state index contributed by atoms with van der Waals surface area (Å²) in [5, 5.41) is 7.42. The van der Waals surface area contributed by atoms with Crippen LogP contribution < -0.4 is 10.6 Å². The maximum Gasteiger partial charge on any atom is 0.0477 e. The summed E-state index contributed by atoms with van der Waals surface area (Å²) in [6, 6.07) is 1.55. The van der Waals surface area contributed by atoms with Crippen molar-refractivity contribution < 1.29 is 4.74 Å². The van der Waals surface area contributed by atoms with Crippen molar-refractivity contribution in [3.63, 3.8) is 0 Å². The number of nitrogens with one attached hydrogen (secondary N) is 2. The molecule has 3 nitrogen and oxygen atoms in total. The lowest BCUT2D eigenvalue weighted by molar-refractivity contribution is 0.143. The van der Waals surface area contributed by atoms with E-state index >= 15 is 0 Å². The first-order valence-corrected chi connectivity index (χ1v) is 7.46. The number of hydrogen-bond donors (Lipinski definition) is 2. The first-order chi connectivity index (χ1) is 8.42. The molecule has 17 heavy (non-hydrogen) atoms. The van der Waals surface area contributed by atoms with Crippen LogP contribution in [-0.2, 0) is 4.74 Å². The van der Waals surface area contributed by atoms with Crippen LogP contribution in [0.5, 0.6) is 0 Å².